The quantitative estimate of drug-likeness (QED) is 0.529. The van der Waals surface area contributed by atoms with Gasteiger partial charge in [0.25, 0.3) is 0 Å². The lowest BCUT2D eigenvalue weighted by atomic mass is 10.1. The lowest BCUT2D eigenvalue weighted by molar-refractivity contribution is -0.150. The van der Waals surface area contributed by atoms with Gasteiger partial charge in [0.2, 0.25) is 5.91 Å². The number of aromatic nitrogens is 1. The van der Waals surface area contributed by atoms with Crippen LogP contribution in [-0.2, 0) is 24.2 Å². The molecule has 0 spiro atoms. The van der Waals surface area contributed by atoms with Gasteiger partial charge in [-0.25, -0.2) is 13.4 Å². The summed E-state index contributed by atoms with van der Waals surface area (Å²) in [6.45, 7) is 1.77. The molecule has 3 rings (SSSR count). The third-order valence-electron chi connectivity index (χ3n) is 5.21. The van der Waals surface area contributed by atoms with Crippen molar-refractivity contribution in [1.29, 1.82) is 0 Å². The second-order valence-electron chi connectivity index (χ2n) is 7.89. The number of nitrogens with two attached hydrogens (primary N) is 1. The summed E-state index contributed by atoms with van der Waals surface area (Å²) in [5.74, 6) is -0.788. The van der Waals surface area contributed by atoms with Crippen LogP contribution in [0.1, 0.15) is 44.2 Å². The second-order valence-corrected chi connectivity index (χ2v) is 11.3. The van der Waals surface area contributed by atoms with Crippen molar-refractivity contribution in [1.82, 2.24) is 4.98 Å². The molecule has 3 N–H and O–H groups in total. The van der Waals surface area contributed by atoms with Crippen LogP contribution in [0.5, 0.6) is 0 Å². The first kappa shape index (κ1) is 24.6. The minimum Gasteiger partial charge on any atom is -0.461 e. The third kappa shape index (κ3) is 6.28. The number of ether oxygens (including phenoxy) is 1. The third-order valence-corrected chi connectivity index (χ3v) is 7.91. The second kappa shape index (κ2) is 10.3. The largest absolute Gasteiger partial charge is 0.461 e. The average Bonchev–Trinajstić information content (AvgIpc) is 3.35. The number of nitrogens with one attached hydrogen (secondary N) is 1. The number of rotatable bonds is 8. The molecule has 1 atom stereocenters. The lowest BCUT2D eigenvalue weighted by Crippen LogP contribution is -2.35. The van der Waals surface area contributed by atoms with Gasteiger partial charge in [0, 0.05) is 12.7 Å². The highest BCUT2D eigenvalue weighted by Crippen LogP contribution is 2.35. The Morgan fingerprint density at radius 3 is 2.69 bits per heavy atom. The van der Waals surface area contributed by atoms with Gasteiger partial charge in [-0.15, -0.1) is 0 Å². The van der Waals surface area contributed by atoms with E-state index in [9.17, 15) is 18.0 Å². The van der Waals surface area contributed by atoms with E-state index in [1.807, 2.05) is 0 Å². The maximum Gasteiger partial charge on any atom is 0.323 e. The van der Waals surface area contributed by atoms with E-state index >= 15 is 0 Å². The Morgan fingerprint density at radius 2 is 2.03 bits per heavy atom. The van der Waals surface area contributed by atoms with Gasteiger partial charge < -0.3 is 15.8 Å². The van der Waals surface area contributed by atoms with Crippen molar-refractivity contribution < 1.29 is 22.7 Å². The highest BCUT2D eigenvalue weighted by molar-refractivity contribution is 7.90. The molecule has 1 aliphatic carbocycles. The zero-order valence-electron chi connectivity index (χ0n) is 17.9. The van der Waals surface area contributed by atoms with Crippen LogP contribution in [0, 0.1) is 6.92 Å². The number of amides is 1. The Morgan fingerprint density at radius 1 is 1.34 bits per heavy atom. The predicted octanol–water partition coefficient (Wildman–Crippen LogP) is 3.71. The molecule has 1 aromatic heterocycles. The van der Waals surface area contributed by atoms with Gasteiger partial charge in [-0.3, -0.25) is 9.59 Å². The van der Waals surface area contributed by atoms with E-state index in [0.29, 0.717) is 16.4 Å². The molecule has 0 bridgehead atoms. The van der Waals surface area contributed by atoms with Crippen LogP contribution in [0.2, 0.25) is 5.02 Å². The molecule has 0 aliphatic heterocycles. The monoisotopic (exact) mass is 499 g/mol. The zero-order chi connectivity index (χ0) is 23.5. The first-order chi connectivity index (χ1) is 15.0. The number of aryl methyl sites for hydroxylation is 1. The van der Waals surface area contributed by atoms with Crippen molar-refractivity contribution in [3.8, 4) is 10.4 Å². The summed E-state index contributed by atoms with van der Waals surface area (Å²) >= 11 is 7.24. The fourth-order valence-electron chi connectivity index (χ4n) is 3.49. The average molecular weight is 500 g/mol. The van der Waals surface area contributed by atoms with E-state index in [0.717, 1.165) is 36.8 Å². The number of sulfone groups is 1. The summed E-state index contributed by atoms with van der Waals surface area (Å²) in [7, 11) is -3.49. The van der Waals surface area contributed by atoms with Crippen molar-refractivity contribution in [3.63, 3.8) is 0 Å². The highest BCUT2D eigenvalue weighted by Gasteiger charge is 2.24. The van der Waals surface area contributed by atoms with Gasteiger partial charge in [-0.05, 0) is 56.7 Å². The van der Waals surface area contributed by atoms with Crippen LogP contribution in [0.15, 0.2) is 23.1 Å². The molecule has 1 amide bonds. The highest BCUT2D eigenvalue weighted by atomic mass is 35.5. The summed E-state index contributed by atoms with van der Waals surface area (Å²) in [5, 5.41) is 3.24. The lowest BCUT2D eigenvalue weighted by Gasteiger charge is -2.15. The molecule has 1 aliphatic rings. The normalized spacial score (nSPS) is 15.5. The summed E-state index contributed by atoms with van der Waals surface area (Å²) in [5.41, 5.74) is 7.16. The molecule has 174 valence electrons. The maximum absolute atomic E-state index is 12.3. The van der Waals surface area contributed by atoms with Gasteiger partial charge in [0.05, 0.1) is 20.5 Å². The van der Waals surface area contributed by atoms with E-state index < -0.39 is 21.8 Å². The van der Waals surface area contributed by atoms with Crippen LogP contribution in [0.4, 0.5) is 5.13 Å². The molecule has 1 saturated carbocycles. The Bertz CT molecular complexity index is 1110. The molecule has 2 aromatic rings. The first-order valence-corrected chi connectivity index (χ1v) is 13.4. The first-order valence-electron chi connectivity index (χ1n) is 10.3. The van der Waals surface area contributed by atoms with Gasteiger partial charge in [-0.1, -0.05) is 29.0 Å². The number of esters is 1. The standard InChI is InChI=1S/C21H26ClN3O5S2/c1-12-19(13-7-8-15(22)17(11-13)32(2,28)29)31-21(24-12)25-18(26)10-9-16(23)20(27)30-14-5-3-4-6-14/h7-8,11,14,16H,3-6,9-10,23H2,1-2H3,(H,24,25,26)/t16-/m1/s1. The van der Waals surface area contributed by atoms with Gasteiger partial charge in [-0.2, -0.15) is 0 Å². The summed E-state index contributed by atoms with van der Waals surface area (Å²) in [4.78, 5) is 29.5. The molecule has 0 unspecified atom stereocenters. The Kier molecular flexibility index (Phi) is 7.92. The number of benzene rings is 1. The number of carbonyl (C=O) groups excluding carboxylic acids is 2. The van der Waals surface area contributed by atoms with Crippen LogP contribution < -0.4 is 11.1 Å². The number of hydrogen-bond acceptors (Lipinski definition) is 8. The Labute approximate surface area is 196 Å². The van der Waals surface area contributed by atoms with E-state index in [1.165, 1.54) is 23.5 Å². The Balaban J connectivity index is 1.60. The minimum atomic E-state index is -3.49. The van der Waals surface area contributed by atoms with E-state index in [4.69, 9.17) is 22.1 Å². The smallest absolute Gasteiger partial charge is 0.323 e. The fraction of sp³-hybridized carbons (Fsp3) is 0.476. The van der Waals surface area contributed by atoms with Gasteiger partial charge in [0.15, 0.2) is 15.0 Å². The summed E-state index contributed by atoms with van der Waals surface area (Å²) in [6.07, 6.45) is 5.09. The number of halogens is 1. The van der Waals surface area contributed by atoms with E-state index in [2.05, 4.69) is 10.3 Å². The molecule has 0 radical (unpaired) electrons. The van der Waals surface area contributed by atoms with Crippen LogP contribution >= 0.6 is 22.9 Å². The molecule has 32 heavy (non-hydrogen) atoms. The van der Waals surface area contributed by atoms with E-state index in [-0.39, 0.29) is 34.8 Å². The van der Waals surface area contributed by atoms with Crippen molar-refractivity contribution >= 4 is 49.8 Å². The molecular formula is C21H26ClN3O5S2. The summed E-state index contributed by atoms with van der Waals surface area (Å²) in [6, 6.07) is 3.88. The van der Waals surface area contributed by atoms with Crippen molar-refractivity contribution in [3.05, 3.63) is 28.9 Å². The molecule has 8 nitrogen and oxygen atoms in total. The number of hydrogen-bond donors (Lipinski definition) is 2. The fourth-order valence-corrected chi connectivity index (χ4v) is 5.77. The molecular weight excluding hydrogens is 474 g/mol. The molecule has 0 saturated heterocycles. The van der Waals surface area contributed by atoms with Gasteiger partial charge >= 0.3 is 5.97 Å². The number of nitrogens with zero attached hydrogens (tertiary/aromatic N) is 1. The van der Waals surface area contributed by atoms with Crippen LogP contribution in [-0.4, -0.2) is 43.7 Å². The zero-order valence-corrected chi connectivity index (χ0v) is 20.3. The van der Waals surface area contributed by atoms with Gasteiger partial charge in [0.1, 0.15) is 12.1 Å². The molecule has 1 fully saturated rings. The minimum absolute atomic E-state index is 0.0357. The van der Waals surface area contributed by atoms with Crippen LogP contribution in [0.25, 0.3) is 10.4 Å². The number of carbonyl (C=O) groups is 2. The van der Waals surface area contributed by atoms with Crippen molar-refractivity contribution in [2.24, 2.45) is 5.73 Å². The van der Waals surface area contributed by atoms with Crippen molar-refractivity contribution in [2.45, 2.75) is 62.5 Å². The molecule has 11 heteroatoms. The number of anilines is 1. The number of thiazole rings is 1. The predicted molar refractivity (Wildman–Crippen MR) is 125 cm³/mol. The molecule has 1 heterocycles. The van der Waals surface area contributed by atoms with Crippen molar-refractivity contribution in [2.75, 3.05) is 11.6 Å². The molecule has 1 aromatic carbocycles. The SMILES string of the molecule is Cc1nc(NC(=O)CC[C@@H](N)C(=O)OC2CCCC2)sc1-c1ccc(Cl)c(S(C)(=O)=O)c1. The maximum atomic E-state index is 12.3. The summed E-state index contributed by atoms with van der Waals surface area (Å²) < 4.78 is 29.3. The topological polar surface area (TPSA) is 128 Å². The van der Waals surface area contributed by atoms with E-state index in [1.54, 1.807) is 13.0 Å². The van der Waals surface area contributed by atoms with Crippen LogP contribution in [0.3, 0.4) is 0 Å². The Hall–Kier alpha value is -2.01.